The minimum atomic E-state index is 0.134. The van der Waals surface area contributed by atoms with Gasteiger partial charge in [0, 0.05) is 24.7 Å². The lowest BCUT2D eigenvalue weighted by molar-refractivity contribution is -0.117. The highest BCUT2D eigenvalue weighted by Crippen LogP contribution is 2.29. The van der Waals surface area contributed by atoms with Gasteiger partial charge in [-0.25, -0.2) is 9.50 Å². The minimum Gasteiger partial charge on any atom is -0.495 e. The molecule has 22 heavy (non-hydrogen) atoms. The monoisotopic (exact) mass is 315 g/mol. The number of amides is 1. The van der Waals surface area contributed by atoms with Crippen LogP contribution in [0.2, 0.25) is 0 Å². The Bertz CT molecular complexity index is 824. The summed E-state index contributed by atoms with van der Waals surface area (Å²) >= 11 is 1.42. The summed E-state index contributed by atoms with van der Waals surface area (Å²) in [4.78, 5) is 23.0. The molecule has 1 aliphatic heterocycles. The second-order valence-corrected chi connectivity index (χ2v) is 5.93. The Hall–Kier alpha value is -2.48. The molecule has 7 nitrogen and oxygen atoms in total. The van der Waals surface area contributed by atoms with Crippen molar-refractivity contribution >= 4 is 27.3 Å². The summed E-state index contributed by atoms with van der Waals surface area (Å²) < 4.78 is 6.88. The Morgan fingerprint density at radius 3 is 3.00 bits per heavy atom. The fourth-order valence-electron chi connectivity index (χ4n) is 2.46. The van der Waals surface area contributed by atoms with Crippen molar-refractivity contribution in [1.82, 2.24) is 19.6 Å². The summed E-state index contributed by atoms with van der Waals surface area (Å²) in [5.41, 5.74) is 1.65. The van der Waals surface area contributed by atoms with E-state index in [1.54, 1.807) is 28.9 Å². The molecule has 0 unspecified atom stereocenters. The van der Waals surface area contributed by atoms with Crippen LogP contribution in [0.4, 0.5) is 5.13 Å². The van der Waals surface area contributed by atoms with Crippen molar-refractivity contribution in [2.75, 3.05) is 18.6 Å². The molecule has 0 bridgehead atoms. The van der Waals surface area contributed by atoms with E-state index in [1.807, 2.05) is 12.3 Å². The summed E-state index contributed by atoms with van der Waals surface area (Å²) in [7, 11) is 1.60. The Kier molecular flexibility index (Phi) is 3.04. The minimum absolute atomic E-state index is 0.134. The van der Waals surface area contributed by atoms with E-state index >= 15 is 0 Å². The van der Waals surface area contributed by atoms with Crippen LogP contribution in [0.25, 0.3) is 16.2 Å². The number of hydrogen-bond acceptors (Lipinski definition) is 6. The van der Waals surface area contributed by atoms with Crippen molar-refractivity contribution in [1.29, 1.82) is 0 Å². The first kappa shape index (κ1) is 13.2. The fraction of sp³-hybridized carbons (Fsp3) is 0.286. The number of pyridine rings is 1. The maximum Gasteiger partial charge on any atom is 0.228 e. The Morgan fingerprint density at radius 1 is 1.36 bits per heavy atom. The van der Waals surface area contributed by atoms with Gasteiger partial charge in [-0.1, -0.05) is 11.3 Å². The van der Waals surface area contributed by atoms with Crippen LogP contribution in [0, 0.1) is 0 Å². The molecule has 8 heteroatoms. The quantitative estimate of drug-likeness (QED) is 0.739. The molecule has 0 N–H and O–H groups in total. The zero-order chi connectivity index (χ0) is 15.1. The van der Waals surface area contributed by atoms with Crippen LogP contribution in [0.1, 0.15) is 12.8 Å². The molecule has 1 saturated heterocycles. The molecule has 4 rings (SSSR count). The number of aromatic nitrogens is 4. The number of methoxy groups -OCH3 is 1. The Labute approximate surface area is 130 Å². The largest absolute Gasteiger partial charge is 0.495 e. The molecular formula is C14H13N5O2S. The van der Waals surface area contributed by atoms with E-state index < -0.39 is 0 Å². The average Bonchev–Trinajstić information content (AvgIpc) is 3.20. The van der Waals surface area contributed by atoms with Crippen molar-refractivity contribution in [3.63, 3.8) is 0 Å². The van der Waals surface area contributed by atoms with E-state index in [9.17, 15) is 4.79 Å². The number of fused-ring (bicyclic) bond motifs is 1. The fourth-order valence-corrected chi connectivity index (χ4v) is 3.39. The normalized spacial score (nSPS) is 15.0. The van der Waals surface area contributed by atoms with Gasteiger partial charge >= 0.3 is 0 Å². The Morgan fingerprint density at radius 2 is 2.27 bits per heavy atom. The van der Waals surface area contributed by atoms with Crippen LogP contribution >= 0.6 is 11.3 Å². The molecule has 0 aliphatic carbocycles. The molecular weight excluding hydrogens is 302 g/mol. The average molecular weight is 315 g/mol. The van der Waals surface area contributed by atoms with E-state index in [4.69, 9.17) is 4.74 Å². The van der Waals surface area contributed by atoms with Crippen LogP contribution in [-0.2, 0) is 4.79 Å². The van der Waals surface area contributed by atoms with Gasteiger partial charge < -0.3 is 4.74 Å². The van der Waals surface area contributed by atoms with Gasteiger partial charge in [-0.15, -0.1) is 5.10 Å². The second-order valence-electron chi connectivity index (χ2n) is 5.00. The van der Waals surface area contributed by atoms with Crippen molar-refractivity contribution in [2.45, 2.75) is 12.8 Å². The predicted molar refractivity (Wildman–Crippen MR) is 82.2 cm³/mol. The molecule has 0 spiro atoms. The van der Waals surface area contributed by atoms with Crippen molar-refractivity contribution < 1.29 is 9.53 Å². The van der Waals surface area contributed by atoms with E-state index in [0.717, 1.165) is 29.2 Å². The molecule has 0 radical (unpaired) electrons. The van der Waals surface area contributed by atoms with Gasteiger partial charge in [0.15, 0.2) is 0 Å². The van der Waals surface area contributed by atoms with Crippen LogP contribution < -0.4 is 9.64 Å². The standard InChI is InChI=1S/C14H13N5O2S/c1-21-10-5-9(6-15-7-10)11-8-19-13(16-11)22-14(17-19)18-4-2-3-12(18)20/h5-8H,2-4H2,1H3. The number of imidazole rings is 1. The summed E-state index contributed by atoms with van der Waals surface area (Å²) in [5.74, 6) is 0.819. The van der Waals surface area contributed by atoms with E-state index in [0.29, 0.717) is 17.3 Å². The summed E-state index contributed by atoms with van der Waals surface area (Å²) in [5, 5.41) is 5.17. The number of rotatable bonds is 3. The molecule has 0 atom stereocenters. The van der Waals surface area contributed by atoms with Crippen LogP contribution in [-0.4, -0.2) is 39.1 Å². The number of carbonyl (C=O) groups excluding carboxylic acids is 1. The second kappa shape index (κ2) is 5.06. The number of nitrogens with zero attached hydrogens (tertiary/aromatic N) is 5. The summed E-state index contributed by atoms with van der Waals surface area (Å²) in [6.45, 7) is 0.738. The lowest BCUT2D eigenvalue weighted by atomic mass is 10.2. The van der Waals surface area contributed by atoms with Gasteiger partial charge in [0.1, 0.15) is 5.75 Å². The zero-order valence-corrected chi connectivity index (χ0v) is 12.7. The molecule has 3 aromatic rings. The van der Waals surface area contributed by atoms with Crippen LogP contribution in [0.15, 0.2) is 24.7 Å². The number of anilines is 1. The zero-order valence-electron chi connectivity index (χ0n) is 11.9. The van der Waals surface area contributed by atoms with Gasteiger partial charge in [-0.2, -0.15) is 0 Å². The maximum atomic E-state index is 11.8. The first-order valence-corrected chi connectivity index (χ1v) is 7.72. The highest BCUT2D eigenvalue weighted by molar-refractivity contribution is 7.20. The van der Waals surface area contributed by atoms with E-state index in [2.05, 4.69) is 15.1 Å². The van der Waals surface area contributed by atoms with Gasteiger partial charge in [-0.05, 0) is 12.5 Å². The number of ether oxygens (including phenoxy) is 1. The van der Waals surface area contributed by atoms with Crippen molar-refractivity contribution in [3.05, 3.63) is 24.7 Å². The SMILES string of the molecule is COc1cncc(-c2cn3nc(N4CCCC4=O)sc3n2)c1. The van der Waals surface area contributed by atoms with Crippen molar-refractivity contribution in [3.8, 4) is 17.0 Å². The third kappa shape index (κ3) is 2.12. The van der Waals surface area contributed by atoms with Crippen molar-refractivity contribution in [2.24, 2.45) is 0 Å². The molecule has 3 aromatic heterocycles. The smallest absolute Gasteiger partial charge is 0.228 e. The molecule has 1 amide bonds. The highest BCUT2D eigenvalue weighted by atomic mass is 32.1. The lowest BCUT2D eigenvalue weighted by Gasteiger charge is -2.09. The number of carbonyl (C=O) groups is 1. The van der Waals surface area contributed by atoms with Gasteiger partial charge in [-0.3, -0.25) is 14.7 Å². The molecule has 0 aromatic carbocycles. The lowest BCUT2D eigenvalue weighted by Crippen LogP contribution is -2.23. The van der Waals surface area contributed by atoms with E-state index in [-0.39, 0.29) is 5.91 Å². The molecule has 0 saturated carbocycles. The van der Waals surface area contributed by atoms with Gasteiger partial charge in [0.05, 0.1) is 25.2 Å². The molecule has 1 aliphatic rings. The topological polar surface area (TPSA) is 72.6 Å². The van der Waals surface area contributed by atoms with Crippen LogP contribution in [0.3, 0.4) is 0 Å². The van der Waals surface area contributed by atoms with Gasteiger partial charge in [0.25, 0.3) is 0 Å². The van der Waals surface area contributed by atoms with Crippen LogP contribution in [0.5, 0.6) is 5.75 Å². The number of hydrogen-bond donors (Lipinski definition) is 0. The van der Waals surface area contributed by atoms with Gasteiger partial charge in [0.2, 0.25) is 16.0 Å². The summed E-state index contributed by atoms with van der Waals surface area (Å²) in [6, 6.07) is 1.88. The first-order chi connectivity index (χ1) is 10.7. The Balaban J connectivity index is 1.70. The first-order valence-electron chi connectivity index (χ1n) is 6.90. The highest BCUT2D eigenvalue weighted by Gasteiger charge is 2.25. The third-order valence-corrected chi connectivity index (χ3v) is 4.53. The van der Waals surface area contributed by atoms with E-state index in [1.165, 1.54) is 11.3 Å². The maximum absolute atomic E-state index is 11.8. The predicted octanol–water partition coefficient (Wildman–Crippen LogP) is 1.99. The molecule has 1 fully saturated rings. The summed E-state index contributed by atoms with van der Waals surface area (Å²) in [6.07, 6.45) is 6.72. The third-order valence-electron chi connectivity index (χ3n) is 3.58. The molecule has 112 valence electrons. The molecule has 4 heterocycles.